The van der Waals surface area contributed by atoms with Crippen LogP contribution in [0.3, 0.4) is 0 Å². The number of hydrogen-bond donors (Lipinski definition) is 1. The van der Waals surface area contributed by atoms with Gasteiger partial charge in [0.05, 0.1) is 10.5 Å². The number of nitro groups is 1. The van der Waals surface area contributed by atoms with Gasteiger partial charge in [-0.1, -0.05) is 0 Å². The fourth-order valence-electron chi connectivity index (χ4n) is 2.93. The molecule has 22 heavy (non-hydrogen) atoms. The Bertz CT molecular complexity index is 631. The van der Waals surface area contributed by atoms with Crippen LogP contribution in [0, 0.1) is 22.9 Å². The van der Waals surface area contributed by atoms with Gasteiger partial charge >= 0.3 is 0 Å². The second kappa shape index (κ2) is 5.64. The van der Waals surface area contributed by atoms with Gasteiger partial charge in [-0.2, -0.15) is 0 Å². The van der Waals surface area contributed by atoms with Crippen LogP contribution in [0.5, 0.6) is 0 Å². The molecule has 1 saturated heterocycles. The second-order valence-corrected chi connectivity index (χ2v) is 6.04. The molecule has 1 heterocycles. The Hall–Kier alpha value is -2.02. The summed E-state index contributed by atoms with van der Waals surface area (Å²) in [6, 6.07) is 2.88. The Labute approximate surface area is 127 Å². The molecule has 3 rings (SSSR count). The van der Waals surface area contributed by atoms with Crippen LogP contribution in [0.15, 0.2) is 12.1 Å². The zero-order valence-corrected chi connectivity index (χ0v) is 12.3. The van der Waals surface area contributed by atoms with Crippen molar-refractivity contribution in [3.63, 3.8) is 0 Å². The summed E-state index contributed by atoms with van der Waals surface area (Å²) in [4.78, 5) is 24.8. The fraction of sp³-hybridized carbons (Fsp3) is 0.533. The topological polar surface area (TPSA) is 75.5 Å². The highest BCUT2D eigenvalue weighted by atomic mass is 19.1. The van der Waals surface area contributed by atoms with E-state index in [1.165, 1.54) is 19.8 Å². The molecule has 1 aliphatic carbocycles. The number of carbonyl (C=O) groups excluding carboxylic acids is 1. The van der Waals surface area contributed by atoms with Gasteiger partial charge in [-0.05, 0) is 32.3 Å². The highest BCUT2D eigenvalue weighted by Crippen LogP contribution is 2.30. The van der Waals surface area contributed by atoms with Crippen molar-refractivity contribution in [3.05, 3.63) is 39.2 Å². The number of halogens is 1. The van der Waals surface area contributed by atoms with Gasteiger partial charge in [0.2, 0.25) is 0 Å². The van der Waals surface area contributed by atoms with Crippen LogP contribution in [-0.4, -0.2) is 40.9 Å². The van der Waals surface area contributed by atoms with Gasteiger partial charge in [0, 0.05) is 36.8 Å². The van der Waals surface area contributed by atoms with E-state index < -0.39 is 16.6 Å². The number of amides is 1. The quantitative estimate of drug-likeness (QED) is 0.682. The first-order valence-electron chi connectivity index (χ1n) is 7.45. The molecule has 7 heteroatoms. The van der Waals surface area contributed by atoms with E-state index in [2.05, 4.69) is 10.2 Å². The predicted molar refractivity (Wildman–Crippen MR) is 78.3 cm³/mol. The summed E-state index contributed by atoms with van der Waals surface area (Å²) in [7, 11) is 0. The van der Waals surface area contributed by atoms with Gasteiger partial charge in [-0.25, -0.2) is 4.39 Å². The molecule has 0 spiro atoms. The number of nitrogens with zero attached hydrogens (tertiary/aromatic N) is 2. The van der Waals surface area contributed by atoms with Crippen LogP contribution in [0.2, 0.25) is 0 Å². The van der Waals surface area contributed by atoms with Crippen LogP contribution in [0.4, 0.5) is 10.1 Å². The molecule has 6 nitrogen and oxygen atoms in total. The minimum absolute atomic E-state index is 0.000304. The highest BCUT2D eigenvalue weighted by Gasteiger charge is 2.35. The summed E-state index contributed by atoms with van der Waals surface area (Å²) >= 11 is 0. The molecule has 1 N–H and O–H groups in total. The van der Waals surface area contributed by atoms with E-state index in [-0.39, 0.29) is 22.9 Å². The van der Waals surface area contributed by atoms with Crippen LogP contribution >= 0.6 is 0 Å². The van der Waals surface area contributed by atoms with E-state index in [0.717, 1.165) is 31.6 Å². The molecule has 2 aliphatic rings. The van der Waals surface area contributed by atoms with E-state index in [1.807, 2.05) is 0 Å². The van der Waals surface area contributed by atoms with Gasteiger partial charge in [0.25, 0.3) is 11.6 Å². The Balaban J connectivity index is 1.71. The largest absolute Gasteiger partial charge is 0.348 e. The second-order valence-electron chi connectivity index (χ2n) is 6.04. The van der Waals surface area contributed by atoms with Crippen molar-refractivity contribution >= 4 is 11.6 Å². The SMILES string of the molecule is Cc1c(F)cc(C(=O)NC2CCN(C3CC3)C2)cc1[N+](=O)[O-]. The molecule has 1 aliphatic heterocycles. The van der Waals surface area contributed by atoms with Crippen LogP contribution < -0.4 is 5.32 Å². The Morgan fingerprint density at radius 1 is 1.41 bits per heavy atom. The average Bonchev–Trinajstić information content (AvgIpc) is 3.22. The number of likely N-dealkylation sites (tertiary alicyclic amines) is 1. The third-order valence-corrected chi connectivity index (χ3v) is 4.39. The van der Waals surface area contributed by atoms with Crippen molar-refractivity contribution in [2.75, 3.05) is 13.1 Å². The monoisotopic (exact) mass is 307 g/mol. The van der Waals surface area contributed by atoms with E-state index in [1.54, 1.807) is 0 Å². The Kier molecular flexibility index (Phi) is 3.82. The van der Waals surface area contributed by atoms with Crippen molar-refractivity contribution in [2.24, 2.45) is 0 Å². The lowest BCUT2D eigenvalue weighted by Crippen LogP contribution is -2.37. The fourth-order valence-corrected chi connectivity index (χ4v) is 2.93. The lowest BCUT2D eigenvalue weighted by Gasteiger charge is -2.16. The number of hydrogen-bond acceptors (Lipinski definition) is 4. The van der Waals surface area contributed by atoms with Gasteiger partial charge in [0.15, 0.2) is 0 Å². The Morgan fingerprint density at radius 2 is 2.14 bits per heavy atom. The zero-order valence-electron chi connectivity index (χ0n) is 12.3. The van der Waals surface area contributed by atoms with Crippen molar-refractivity contribution in [1.82, 2.24) is 10.2 Å². The highest BCUT2D eigenvalue weighted by molar-refractivity contribution is 5.95. The van der Waals surface area contributed by atoms with Gasteiger partial charge < -0.3 is 5.32 Å². The molecule has 0 aromatic heterocycles. The summed E-state index contributed by atoms with van der Waals surface area (Å²) in [5, 5.41) is 13.8. The molecule has 1 saturated carbocycles. The first-order valence-corrected chi connectivity index (χ1v) is 7.45. The van der Waals surface area contributed by atoms with E-state index in [9.17, 15) is 19.3 Å². The first-order chi connectivity index (χ1) is 10.5. The van der Waals surface area contributed by atoms with Crippen LogP contribution in [0.1, 0.15) is 35.2 Å². The molecule has 0 radical (unpaired) electrons. The maximum absolute atomic E-state index is 13.8. The van der Waals surface area contributed by atoms with Gasteiger partial charge in [-0.15, -0.1) is 0 Å². The molecule has 1 unspecified atom stereocenters. The van der Waals surface area contributed by atoms with E-state index >= 15 is 0 Å². The summed E-state index contributed by atoms with van der Waals surface area (Å²) in [5.74, 6) is -1.19. The number of nitrogens with one attached hydrogen (secondary N) is 1. The molecule has 1 amide bonds. The lowest BCUT2D eigenvalue weighted by molar-refractivity contribution is -0.385. The van der Waals surface area contributed by atoms with E-state index in [0.29, 0.717) is 6.04 Å². The van der Waals surface area contributed by atoms with Gasteiger partial charge in [0.1, 0.15) is 5.82 Å². The van der Waals surface area contributed by atoms with Crippen LogP contribution in [-0.2, 0) is 0 Å². The van der Waals surface area contributed by atoms with Crippen molar-refractivity contribution in [2.45, 2.75) is 38.3 Å². The summed E-state index contributed by atoms with van der Waals surface area (Å²) in [5.41, 5.74) is -0.418. The summed E-state index contributed by atoms with van der Waals surface area (Å²) < 4.78 is 13.8. The van der Waals surface area contributed by atoms with Crippen LogP contribution in [0.25, 0.3) is 0 Å². The molecular weight excluding hydrogens is 289 g/mol. The maximum atomic E-state index is 13.8. The third-order valence-electron chi connectivity index (χ3n) is 4.39. The molecule has 0 bridgehead atoms. The molecule has 1 atom stereocenters. The standard InChI is InChI=1S/C15H18FN3O3/c1-9-13(16)6-10(7-14(9)19(21)22)15(20)17-11-4-5-18(8-11)12-2-3-12/h6-7,11-12H,2-5,8H2,1H3,(H,17,20). The van der Waals surface area contributed by atoms with Crippen molar-refractivity contribution in [1.29, 1.82) is 0 Å². The molecule has 2 fully saturated rings. The first kappa shape index (κ1) is 14.9. The lowest BCUT2D eigenvalue weighted by atomic mass is 10.1. The minimum Gasteiger partial charge on any atom is -0.348 e. The Morgan fingerprint density at radius 3 is 2.77 bits per heavy atom. The molecule has 1 aromatic rings. The van der Waals surface area contributed by atoms with Crippen molar-refractivity contribution in [3.8, 4) is 0 Å². The summed E-state index contributed by atoms with van der Waals surface area (Å²) in [6.07, 6.45) is 3.30. The number of nitro benzene ring substituents is 1. The summed E-state index contributed by atoms with van der Waals surface area (Å²) in [6.45, 7) is 3.09. The number of rotatable bonds is 4. The number of carbonyl (C=O) groups is 1. The average molecular weight is 307 g/mol. The minimum atomic E-state index is -0.731. The van der Waals surface area contributed by atoms with Crippen molar-refractivity contribution < 1.29 is 14.1 Å². The number of benzene rings is 1. The predicted octanol–water partition coefficient (Wildman–Crippen LogP) is 2.01. The molecule has 1 aromatic carbocycles. The molecule has 118 valence electrons. The van der Waals surface area contributed by atoms with E-state index in [4.69, 9.17) is 0 Å². The third kappa shape index (κ3) is 2.94. The smallest absolute Gasteiger partial charge is 0.276 e. The zero-order chi connectivity index (χ0) is 15.9. The molecular formula is C15H18FN3O3. The van der Waals surface area contributed by atoms with Gasteiger partial charge in [-0.3, -0.25) is 19.8 Å². The maximum Gasteiger partial charge on any atom is 0.276 e. The normalized spacial score (nSPS) is 21.8.